The van der Waals surface area contributed by atoms with Gasteiger partial charge in [0.2, 0.25) is 0 Å². The molecule has 0 unspecified atom stereocenters. The molecule has 0 radical (unpaired) electrons. The summed E-state index contributed by atoms with van der Waals surface area (Å²) >= 11 is 6.39. The molecular weight excluding hydrogens is 489 g/mol. The maximum absolute atomic E-state index is 14.5. The number of pyridine rings is 2. The van der Waals surface area contributed by atoms with Crippen LogP contribution < -0.4 is 20.1 Å². The minimum absolute atomic E-state index is 0.00815. The molecule has 0 aliphatic carbocycles. The molecule has 36 heavy (non-hydrogen) atoms. The van der Waals surface area contributed by atoms with E-state index in [4.69, 9.17) is 21.1 Å². The van der Waals surface area contributed by atoms with E-state index >= 15 is 0 Å². The molecule has 1 atom stereocenters. The Kier molecular flexibility index (Phi) is 7.20. The molecule has 2 aliphatic rings. The lowest BCUT2D eigenvalue weighted by Crippen LogP contribution is -2.43. The van der Waals surface area contributed by atoms with Crippen LogP contribution in [0.4, 0.5) is 10.2 Å². The van der Waals surface area contributed by atoms with Crippen molar-refractivity contribution >= 4 is 34.2 Å². The number of halogens is 2. The molecule has 11 heteroatoms. The van der Waals surface area contributed by atoms with E-state index in [9.17, 15) is 14.3 Å². The van der Waals surface area contributed by atoms with Crippen LogP contribution >= 0.6 is 11.6 Å². The molecule has 9 nitrogen and oxygen atoms in total. The summed E-state index contributed by atoms with van der Waals surface area (Å²) in [5.41, 5.74) is 1.42. The van der Waals surface area contributed by atoms with E-state index < -0.39 is 11.9 Å². The van der Waals surface area contributed by atoms with Gasteiger partial charge in [-0.2, -0.15) is 0 Å². The lowest BCUT2D eigenvalue weighted by Gasteiger charge is -2.34. The highest BCUT2D eigenvalue weighted by atomic mass is 35.5. The van der Waals surface area contributed by atoms with Crippen molar-refractivity contribution < 1.29 is 23.8 Å². The topological polar surface area (TPSA) is 109 Å². The molecule has 1 amide bonds. The number of carbonyl (C=O) groups excluding carboxylic acids is 1. The number of β-amino-alcohol motifs (C(OH)–C–C–N with tert-alkyl or cyclic N) is 1. The maximum atomic E-state index is 14.5. The number of hydrogen-bond acceptors (Lipinski definition) is 8. The molecule has 3 N–H and O–H groups in total. The average molecular weight is 516 g/mol. The van der Waals surface area contributed by atoms with E-state index in [-0.39, 0.29) is 18.0 Å². The summed E-state index contributed by atoms with van der Waals surface area (Å²) in [5.74, 6) is 0.639. The Hall–Kier alpha value is -3.05. The molecule has 1 saturated heterocycles. The van der Waals surface area contributed by atoms with Crippen molar-refractivity contribution in [1.82, 2.24) is 20.2 Å². The van der Waals surface area contributed by atoms with Gasteiger partial charge in [0, 0.05) is 42.3 Å². The van der Waals surface area contributed by atoms with Crippen molar-refractivity contribution in [3.63, 3.8) is 0 Å². The zero-order valence-corrected chi connectivity index (χ0v) is 20.5. The number of piperidine rings is 1. The van der Waals surface area contributed by atoms with Crippen molar-refractivity contribution in [2.24, 2.45) is 0 Å². The van der Waals surface area contributed by atoms with Gasteiger partial charge in [-0.05, 0) is 44.1 Å². The van der Waals surface area contributed by atoms with E-state index in [0.29, 0.717) is 52.4 Å². The van der Waals surface area contributed by atoms with Gasteiger partial charge >= 0.3 is 0 Å². The summed E-state index contributed by atoms with van der Waals surface area (Å²) in [7, 11) is 1.46. The van der Waals surface area contributed by atoms with E-state index in [1.165, 1.54) is 19.4 Å². The third kappa shape index (κ3) is 5.22. The molecule has 190 valence electrons. The molecule has 2 aliphatic heterocycles. The number of amides is 1. The number of anilines is 1. The monoisotopic (exact) mass is 515 g/mol. The highest BCUT2D eigenvalue weighted by Crippen LogP contribution is 2.34. The fraction of sp³-hybridized carbons (Fsp3) is 0.400. The second-order valence-electron chi connectivity index (χ2n) is 8.98. The van der Waals surface area contributed by atoms with E-state index in [1.54, 1.807) is 6.07 Å². The maximum Gasteiger partial charge on any atom is 0.263 e. The Morgan fingerprint density at radius 3 is 2.94 bits per heavy atom. The third-order valence-corrected chi connectivity index (χ3v) is 6.88. The van der Waals surface area contributed by atoms with Crippen LogP contribution in [0.5, 0.6) is 11.5 Å². The molecule has 0 saturated carbocycles. The van der Waals surface area contributed by atoms with Gasteiger partial charge in [-0.25, -0.2) is 9.37 Å². The number of aromatic nitrogens is 2. The summed E-state index contributed by atoms with van der Waals surface area (Å²) < 4.78 is 25.0. The molecule has 3 aromatic rings. The molecule has 1 aromatic carbocycles. The van der Waals surface area contributed by atoms with Gasteiger partial charge in [0.1, 0.15) is 11.3 Å². The quantitative estimate of drug-likeness (QED) is 0.440. The number of fused-ring (bicyclic) bond motifs is 2. The van der Waals surface area contributed by atoms with Crippen molar-refractivity contribution in [3.05, 3.63) is 52.6 Å². The molecule has 1 fully saturated rings. The number of ether oxygens (including phenoxy) is 2. The van der Waals surface area contributed by atoms with Gasteiger partial charge < -0.3 is 30.1 Å². The number of nitrogens with one attached hydrogen (secondary N) is 2. The highest BCUT2D eigenvalue weighted by Gasteiger charge is 2.25. The predicted molar refractivity (Wildman–Crippen MR) is 133 cm³/mol. The number of aliphatic hydroxyl groups is 1. The number of carbonyl (C=O) groups is 1. The predicted octanol–water partition coefficient (Wildman–Crippen LogP) is 3.05. The lowest BCUT2D eigenvalue weighted by molar-refractivity contribution is -0.118. The van der Waals surface area contributed by atoms with E-state index in [1.807, 2.05) is 12.1 Å². The number of benzene rings is 1. The van der Waals surface area contributed by atoms with Crippen LogP contribution in [0.2, 0.25) is 5.02 Å². The third-order valence-electron chi connectivity index (χ3n) is 6.58. The average Bonchev–Trinajstić information content (AvgIpc) is 2.87. The Balaban J connectivity index is 1.18. The first kappa shape index (κ1) is 24.6. The van der Waals surface area contributed by atoms with Crippen molar-refractivity contribution in [3.8, 4) is 11.5 Å². The number of aliphatic hydroxyl groups excluding tert-OH is 1. The van der Waals surface area contributed by atoms with Crippen LogP contribution in [0, 0.1) is 5.82 Å². The Labute approximate surface area is 212 Å². The van der Waals surface area contributed by atoms with E-state index in [0.717, 1.165) is 31.6 Å². The Bertz CT molecular complexity index is 1290. The van der Waals surface area contributed by atoms with Gasteiger partial charge in [-0.1, -0.05) is 11.6 Å². The second-order valence-corrected chi connectivity index (χ2v) is 9.39. The zero-order valence-electron chi connectivity index (χ0n) is 19.8. The van der Waals surface area contributed by atoms with Crippen molar-refractivity contribution in [1.29, 1.82) is 0 Å². The van der Waals surface area contributed by atoms with E-state index in [2.05, 4.69) is 25.5 Å². The number of likely N-dealkylation sites (tertiary alicyclic amines) is 1. The number of rotatable bonds is 7. The largest absolute Gasteiger partial charge is 0.497 e. The summed E-state index contributed by atoms with van der Waals surface area (Å²) in [6.07, 6.45) is 2.26. The fourth-order valence-electron chi connectivity index (χ4n) is 4.69. The minimum Gasteiger partial charge on any atom is -0.497 e. The first-order valence-corrected chi connectivity index (χ1v) is 12.2. The summed E-state index contributed by atoms with van der Waals surface area (Å²) in [5, 5.41) is 18.0. The van der Waals surface area contributed by atoms with Gasteiger partial charge in [0.25, 0.3) is 5.91 Å². The Morgan fingerprint density at radius 2 is 2.17 bits per heavy atom. The van der Waals surface area contributed by atoms with Crippen LogP contribution in [0.15, 0.2) is 30.5 Å². The van der Waals surface area contributed by atoms with Gasteiger partial charge in [0.05, 0.1) is 23.9 Å². The molecular formula is C25H27ClFN5O4. The van der Waals surface area contributed by atoms with Crippen LogP contribution in [0.1, 0.15) is 30.2 Å². The summed E-state index contributed by atoms with van der Waals surface area (Å²) in [4.78, 5) is 22.3. The lowest BCUT2D eigenvalue weighted by atomic mass is 10.0. The minimum atomic E-state index is -0.906. The molecule has 2 aromatic heterocycles. The fourth-order valence-corrected chi connectivity index (χ4v) is 4.97. The molecule has 4 heterocycles. The molecule has 0 bridgehead atoms. The van der Waals surface area contributed by atoms with Crippen molar-refractivity contribution in [2.75, 3.05) is 38.7 Å². The van der Waals surface area contributed by atoms with Gasteiger partial charge in [-0.3, -0.25) is 9.78 Å². The standard InChI is InChI=1S/C25H27ClFN5O4/c1-35-16-8-17-23(18(26)11-29-24(17)19(27)9-16)20(33)12-32-6-4-14(5-7-32)28-10-15-2-3-21-25(30-15)31-22(34)13-36-21/h2-3,8-9,11,14,20,28,33H,4-7,10,12-13H2,1H3,(H,30,31,34)/t20-/m1/s1. The smallest absolute Gasteiger partial charge is 0.263 e. The van der Waals surface area contributed by atoms with Crippen molar-refractivity contribution in [2.45, 2.75) is 31.5 Å². The first-order chi connectivity index (χ1) is 17.4. The SMILES string of the molecule is COc1cc(F)c2ncc(Cl)c([C@H](O)CN3CCC(NCc4ccc5c(n4)NC(=O)CO5)CC3)c2c1. The second kappa shape index (κ2) is 10.5. The van der Waals surface area contributed by atoms with Gasteiger partial charge in [-0.15, -0.1) is 0 Å². The van der Waals surface area contributed by atoms with Crippen LogP contribution in [0.25, 0.3) is 10.9 Å². The zero-order chi connectivity index (χ0) is 25.2. The first-order valence-electron chi connectivity index (χ1n) is 11.8. The van der Waals surface area contributed by atoms with Gasteiger partial charge in [0.15, 0.2) is 24.0 Å². The number of nitrogens with zero attached hydrogens (tertiary/aromatic N) is 3. The summed E-state index contributed by atoms with van der Waals surface area (Å²) in [6, 6.07) is 6.91. The number of methoxy groups -OCH3 is 1. The normalized spacial score (nSPS) is 17.4. The van der Waals surface area contributed by atoms with Crippen LogP contribution in [-0.2, 0) is 11.3 Å². The van der Waals surface area contributed by atoms with Crippen LogP contribution in [0.3, 0.4) is 0 Å². The summed E-state index contributed by atoms with van der Waals surface area (Å²) in [6.45, 7) is 2.52. The highest BCUT2D eigenvalue weighted by molar-refractivity contribution is 6.32. The molecule has 5 rings (SSSR count). The Morgan fingerprint density at radius 1 is 1.36 bits per heavy atom. The van der Waals surface area contributed by atoms with Crippen LogP contribution in [-0.4, -0.2) is 65.3 Å². The molecule has 0 spiro atoms. The number of hydrogen-bond donors (Lipinski definition) is 3.